The van der Waals surface area contributed by atoms with E-state index in [4.69, 9.17) is 4.74 Å². The van der Waals surface area contributed by atoms with Gasteiger partial charge in [0.2, 0.25) is 15.0 Å². The van der Waals surface area contributed by atoms with Crippen molar-refractivity contribution in [1.82, 2.24) is 19.4 Å². The second-order valence-electron chi connectivity index (χ2n) is 8.47. The summed E-state index contributed by atoms with van der Waals surface area (Å²) in [5.41, 5.74) is 1.72. The normalized spacial score (nSPS) is 15.9. The van der Waals surface area contributed by atoms with Crippen LogP contribution < -0.4 is 0 Å². The van der Waals surface area contributed by atoms with Gasteiger partial charge in [0.15, 0.2) is 0 Å². The standard InChI is InChI=1S/C22H34N4O3S/c1-19(2)16-26-21(17-24(3)9-10-25-11-13-29-14-12-25)15-23-22(26)30(27,28)18-20-7-5-4-6-8-20/h4-8,15,19H,9-14,16-18H2,1-3H3. The zero-order valence-corrected chi connectivity index (χ0v) is 19.1. The van der Waals surface area contributed by atoms with Crippen LogP contribution in [0.25, 0.3) is 0 Å². The number of hydrogen-bond acceptors (Lipinski definition) is 6. The molecule has 0 unspecified atom stereocenters. The highest BCUT2D eigenvalue weighted by Gasteiger charge is 2.25. The summed E-state index contributed by atoms with van der Waals surface area (Å²) in [6.45, 7) is 10.9. The second-order valence-corrected chi connectivity index (χ2v) is 10.4. The van der Waals surface area contributed by atoms with Crippen LogP contribution in [0, 0.1) is 5.92 Å². The van der Waals surface area contributed by atoms with Gasteiger partial charge in [0.1, 0.15) is 0 Å². The summed E-state index contributed by atoms with van der Waals surface area (Å²) in [7, 11) is -1.45. The Balaban J connectivity index is 1.72. The number of benzene rings is 1. The first kappa shape index (κ1) is 22.9. The third kappa shape index (κ3) is 6.38. The molecule has 1 aromatic carbocycles. The van der Waals surface area contributed by atoms with Gasteiger partial charge in [-0.1, -0.05) is 44.2 Å². The zero-order chi connectivity index (χ0) is 21.6. The van der Waals surface area contributed by atoms with Gasteiger partial charge in [-0.05, 0) is 18.5 Å². The van der Waals surface area contributed by atoms with E-state index in [0.29, 0.717) is 19.0 Å². The molecule has 8 heteroatoms. The summed E-state index contributed by atoms with van der Waals surface area (Å²) in [5, 5.41) is 0.177. The van der Waals surface area contributed by atoms with Gasteiger partial charge in [0.25, 0.3) is 0 Å². The Labute approximate surface area is 180 Å². The van der Waals surface area contributed by atoms with Gasteiger partial charge in [0.05, 0.1) is 30.9 Å². The number of sulfone groups is 1. The van der Waals surface area contributed by atoms with Crippen molar-refractivity contribution in [1.29, 1.82) is 0 Å². The Kier molecular flexibility index (Phi) is 8.05. The van der Waals surface area contributed by atoms with Crippen molar-refractivity contribution in [3.8, 4) is 0 Å². The Morgan fingerprint density at radius 3 is 2.53 bits per heavy atom. The number of morpholine rings is 1. The van der Waals surface area contributed by atoms with Crippen molar-refractivity contribution in [2.45, 2.75) is 37.8 Å². The van der Waals surface area contributed by atoms with Crippen LogP contribution >= 0.6 is 0 Å². The van der Waals surface area contributed by atoms with Crippen molar-refractivity contribution in [3.05, 3.63) is 47.8 Å². The lowest BCUT2D eigenvalue weighted by molar-refractivity contribution is 0.0341. The molecule has 0 radical (unpaired) electrons. The van der Waals surface area contributed by atoms with Crippen LogP contribution in [0.3, 0.4) is 0 Å². The van der Waals surface area contributed by atoms with Crippen LogP contribution in [0.5, 0.6) is 0 Å². The van der Waals surface area contributed by atoms with Crippen LogP contribution in [-0.2, 0) is 33.4 Å². The largest absolute Gasteiger partial charge is 0.379 e. The van der Waals surface area contributed by atoms with Crippen molar-refractivity contribution in [2.75, 3.05) is 46.4 Å². The molecule has 7 nitrogen and oxygen atoms in total. The molecule has 3 rings (SSSR count). The van der Waals surface area contributed by atoms with E-state index < -0.39 is 9.84 Å². The number of rotatable bonds is 10. The van der Waals surface area contributed by atoms with Gasteiger partial charge >= 0.3 is 0 Å². The predicted molar refractivity (Wildman–Crippen MR) is 118 cm³/mol. The highest BCUT2D eigenvalue weighted by Crippen LogP contribution is 2.20. The molecule has 0 atom stereocenters. The number of ether oxygens (including phenoxy) is 1. The molecule has 0 spiro atoms. The fourth-order valence-corrected chi connectivity index (χ4v) is 5.18. The zero-order valence-electron chi connectivity index (χ0n) is 18.3. The molecule has 1 aliphatic heterocycles. The Morgan fingerprint density at radius 2 is 1.87 bits per heavy atom. The minimum absolute atomic E-state index is 0.0325. The third-order valence-corrected chi connectivity index (χ3v) is 6.86. The number of aromatic nitrogens is 2. The molecule has 0 amide bonds. The Morgan fingerprint density at radius 1 is 1.17 bits per heavy atom. The van der Waals surface area contributed by atoms with Gasteiger partial charge in [0, 0.05) is 39.3 Å². The van der Waals surface area contributed by atoms with Crippen LogP contribution in [0.1, 0.15) is 25.1 Å². The van der Waals surface area contributed by atoms with E-state index in [9.17, 15) is 8.42 Å². The molecule has 1 saturated heterocycles. The van der Waals surface area contributed by atoms with E-state index in [-0.39, 0.29) is 10.9 Å². The highest BCUT2D eigenvalue weighted by molar-refractivity contribution is 7.90. The summed E-state index contributed by atoms with van der Waals surface area (Å²) in [6.07, 6.45) is 1.73. The van der Waals surface area contributed by atoms with Crippen LogP contribution in [0.15, 0.2) is 41.7 Å². The average molecular weight is 435 g/mol. The lowest BCUT2D eigenvalue weighted by Gasteiger charge is -2.28. The molecule has 0 N–H and O–H groups in total. The number of nitrogens with zero attached hydrogens (tertiary/aromatic N) is 4. The first-order chi connectivity index (χ1) is 14.3. The summed E-state index contributed by atoms with van der Waals surface area (Å²) in [6, 6.07) is 9.29. The van der Waals surface area contributed by atoms with Crippen LogP contribution in [0.4, 0.5) is 0 Å². The van der Waals surface area contributed by atoms with Gasteiger partial charge in [-0.15, -0.1) is 0 Å². The Bertz CT molecular complexity index is 890. The second kappa shape index (κ2) is 10.5. The van der Waals surface area contributed by atoms with E-state index in [1.807, 2.05) is 34.9 Å². The van der Waals surface area contributed by atoms with Gasteiger partial charge in [-0.3, -0.25) is 9.80 Å². The minimum Gasteiger partial charge on any atom is -0.379 e. The molecule has 0 bridgehead atoms. The number of imidazole rings is 1. The van der Waals surface area contributed by atoms with Crippen LogP contribution in [0.2, 0.25) is 0 Å². The maximum absolute atomic E-state index is 13.1. The summed E-state index contributed by atoms with van der Waals surface area (Å²) in [5.74, 6) is 0.289. The monoisotopic (exact) mass is 434 g/mol. The molecule has 2 heterocycles. The molecule has 2 aromatic rings. The van der Waals surface area contributed by atoms with Crippen molar-refractivity contribution in [2.24, 2.45) is 5.92 Å². The van der Waals surface area contributed by atoms with Crippen molar-refractivity contribution < 1.29 is 13.2 Å². The molecule has 1 aromatic heterocycles. The molecular formula is C22H34N4O3S. The highest BCUT2D eigenvalue weighted by atomic mass is 32.2. The molecular weight excluding hydrogens is 400 g/mol. The Hall–Kier alpha value is -1.74. The van der Waals surface area contributed by atoms with Crippen molar-refractivity contribution >= 4 is 9.84 Å². The van der Waals surface area contributed by atoms with Crippen molar-refractivity contribution in [3.63, 3.8) is 0 Å². The van der Waals surface area contributed by atoms with E-state index >= 15 is 0 Å². The van der Waals surface area contributed by atoms with Crippen LogP contribution in [-0.4, -0.2) is 74.2 Å². The van der Waals surface area contributed by atoms with E-state index in [2.05, 4.69) is 35.7 Å². The van der Waals surface area contributed by atoms with Gasteiger partial charge in [-0.25, -0.2) is 13.4 Å². The topological polar surface area (TPSA) is 67.7 Å². The lowest BCUT2D eigenvalue weighted by atomic mass is 10.2. The number of likely N-dealkylation sites (N-methyl/N-ethyl adjacent to an activating group) is 1. The molecule has 0 aliphatic carbocycles. The molecule has 0 saturated carbocycles. The summed E-state index contributed by atoms with van der Waals surface area (Å²) in [4.78, 5) is 9.00. The van der Waals surface area contributed by atoms with Gasteiger partial charge in [-0.2, -0.15) is 0 Å². The molecule has 166 valence electrons. The van der Waals surface area contributed by atoms with Gasteiger partial charge < -0.3 is 9.30 Å². The fourth-order valence-electron chi connectivity index (χ4n) is 3.68. The van der Waals surface area contributed by atoms with E-state index in [1.54, 1.807) is 6.20 Å². The van der Waals surface area contributed by atoms with E-state index in [1.165, 1.54) is 0 Å². The predicted octanol–water partition coefficient (Wildman–Crippen LogP) is 2.28. The number of hydrogen-bond donors (Lipinski definition) is 0. The maximum atomic E-state index is 13.1. The first-order valence-corrected chi connectivity index (χ1v) is 12.3. The van der Waals surface area contributed by atoms with E-state index in [0.717, 1.165) is 50.7 Å². The summed E-state index contributed by atoms with van der Waals surface area (Å²) >= 11 is 0. The third-order valence-electron chi connectivity index (χ3n) is 5.26. The molecule has 1 fully saturated rings. The SMILES string of the molecule is CC(C)Cn1c(CN(C)CCN2CCOCC2)cnc1S(=O)(=O)Cc1ccccc1. The maximum Gasteiger partial charge on any atom is 0.228 e. The smallest absolute Gasteiger partial charge is 0.228 e. The minimum atomic E-state index is -3.52. The molecule has 1 aliphatic rings. The quantitative estimate of drug-likeness (QED) is 0.572. The lowest BCUT2D eigenvalue weighted by Crippen LogP contribution is -2.40. The first-order valence-electron chi connectivity index (χ1n) is 10.6. The molecule has 30 heavy (non-hydrogen) atoms. The fraction of sp³-hybridized carbons (Fsp3) is 0.591. The average Bonchev–Trinajstić information content (AvgIpc) is 3.10. The summed E-state index contributed by atoms with van der Waals surface area (Å²) < 4.78 is 33.5.